The van der Waals surface area contributed by atoms with Gasteiger partial charge in [-0.15, -0.1) is 11.8 Å². The molecule has 7 heteroatoms. The summed E-state index contributed by atoms with van der Waals surface area (Å²) in [6.45, 7) is 2.07. The first kappa shape index (κ1) is 26.0. The number of hydrogen-bond acceptors (Lipinski definition) is 5. The van der Waals surface area contributed by atoms with Crippen molar-refractivity contribution in [2.75, 3.05) is 16.4 Å². The van der Waals surface area contributed by atoms with E-state index in [4.69, 9.17) is 0 Å². The first-order chi connectivity index (χ1) is 16.4. The van der Waals surface area contributed by atoms with Gasteiger partial charge in [-0.2, -0.15) is 0 Å². The van der Waals surface area contributed by atoms with E-state index in [0.29, 0.717) is 12.2 Å². The van der Waals surface area contributed by atoms with E-state index in [9.17, 15) is 13.0 Å². The van der Waals surface area contributed by atoms with Crippen LogP contribution in [0.3, 0.4) is 0 Å². The van der Waals surface area contributed by atoms with Crippen LogP contribution in [0.1, 0.15) is 24.5 Å². The second kappa shape index (κ2) is 10.9. The molecule has 0 bridgehead atoms. The Morgan fingerprint density at radius 3 is 2.03 bits per heavy atom. The predicted molar refractivity (Wildman–Crippen MR) is 142 cm³/mol. The van der Waals surface area contributed by atoms with E-state index in [2.05, 4.69) is 90.7 Å². The number of nitrogens with zero attached hydrogens (tertiary/aromatic N) is 1. The zero-order valence-electron chi connectivity index (χ0n) is 19.8. The summed E-state index contributed by atoms with van der Waals surface area (Å²) in [5.41, 5.74) is 6.73. The summed E-state index contributed by atoms with van der Waals surface area (Å²) < 4.78 is 32.9. The number of anilines is 3. The molecule has 0 aliphatic carbocycles. The number of rotatable bonds is 6. The molecule has 1 aliphatic rings. The van der Waals surface area contributed by atoms with Crippen LogP contribution in [0.4, 0.5) is 17.1 Å². The van der Waals surface area contributed by atoms with Gasteiger partial charge in [-0.25, -0.2) is 8.42 Å². The Bertz CT molecular complexity index is 1470. The number of thioether (sulfide) groups is 1. The van der Waals surface area contributed by atoms with Crippen molar-refractivity contribution in [2.24, 2.45) is 0 Å². The van der Waals surface area contributed by atoms with Crippen LogP contribution in [-0.4, -0.2) is 24.5 Å². The Morgan fingerprint density at radius 2 is 1.40 bits per heavy atom. The largest absolute Gasteiger partial charge is 1.00 e. The Hall–Kier alpha value is -2.06. The zero-order chi connectivity index (χ0) is 23.7. The molecule has 1 heterocycles. The number of hydrogen-bond donors (Lipinski definition) is 0. The summed E-state index contributed by atoms with van der Waals surface area (Å²) >= 11 is 1.61. The first-order valence-electron chi connectivity index (χ1n) is 11.2. The molecule has 0 amide bonds. The second-order valence-electron chi connectivity index (χ2n) is 8.30. The van der Waals surface area contributed by atoms with Gasteiger partial charge in [0.2, 0.25) is 0 Å². The van der Waals surface area contributed by atoms with Crippen LogP contribution in [0.15, 0.2) is 95.9 Å². The van der Waals surface area contributed by atoms with Crippen LogP contribution < -0.4 is 34.5 Å². The van der Waals surface area contributed by atoms with Gasteiger partial charge in [-0.1, -0.05) is 66.7 Å². The van der Waals surface area contributed by atoms with Crippen molar-refractivity contribution in [3.8, 4) is 0 Å². The van der Waals surface area contributed by atoms with Crippen LogP contribution in [0.2, 0.25) is 0 Å². The molecule has 0 radical (unpaired) electrons. The minimum Gasteiger partial charge on any atom is -0.748 e. The Balaban J connectivity index is 0.00000289. The van der Waals surface area contributed by atoms with E-state index in [1.807, 2.05) is 12.1 Å². The van der Waals surface area contributed by atoms with Gasteiger partial charge in [0, 0.05) is 28.1 Å². The molecule has 0 unspecified atom stereocenters. The maximum Gasteiger partial charge on any atom is 1.00 e. The third-order valence-corrected chi connectivity index (χ3v) is 7.95. The molecule has 0 N–H and O–H groups in total. The molecule has 4 aromatic carbocycles. The third kappa shape index (κ3) is 5.53. The molecule has 0 saturated carbocycles. The molecule has 1 aliphatic heterocycles. The van der Waals surface area contributed by atoms with Crippen molar-refractivity contribution in [3.63, 3.8) is 0 Å². The monoisotopic (exact) mass is 509 g/mol. The second-order valence-corrected chi connectivity index (χ2v) is 11.1. The molecule has 0 atom stereocenters. The molecule has 0 saturated heterocycles. The maximum absolute atomic E-state index is 11.0. The summed E-state index contributed by atoms with van der Waals surface area (Å²) in [4.78, 5) is 3.42. The van der Waals surface area contributed by atoms with Crippen LogP contribution >= 0.6 is 11.8 Å². The van der Waals surface area contributed by atoms with Gasteiger partial charge in [-0.3, -0.25) is 0 Å². The standard InChI is InChI=1S/C28H25NO3S2.Na/c1-20(33-17-8-18-34(30,31)32)28-24-11-4-6-13-26(24)29(27-14-7-5-12-25(27)28)23-16-15-21-9-2-3-10-22(21)19-23;/h2-7,9-16,19H,8,17-18H2,1H3,(H,30,31,32);/q;+1/p-1. The summed E-state index contributed by atoms with van der Waals surface area (Å²) in [6, 6.07) is 31.7. The average molecular weight is 510 g/mol. The van der Waals surface area contributed by atoms with Crippen molar-refractivity contribution in [1.29, 1.82) is 0 Å². The molecule has 4 nitrogen and oxygen atoms in total. The molecule has 35 heavy (non-hydrogen) atoms. The van der Waals surface area contributed by atoms with E-state index in [0.717, 1.165) is 38.7 Å². The molecule has 4 aromatic rings. The van der Waals surface area contributed by atoms with Crippen molar-refractivity contribution in [2.45, 2.75) is 13.3 Å². The van der Waals surface area contributed by atoms with Gasteiger partial charge in [0.05, 0.1) is 21.5 Å². The quantitative estimate of drug-likeness (QED) is 0.196. The van der Waals surface area contributed by atoms with Gasteiger partial charge in [0.1, 0.15) is 0 Å². The Kier molecular flexibility index (Phi) is 8.11. The number of allylic oxidation sites excluding steroid dienone is 1. The van der Waals surface area contributed by atoms with Gasteiger partial charge in [0.25, 0.3) is 0 Å². The number of para-hydroxylation sites is 2. The van der Waals surface area contributed by atoms with Crippen molar-refractivity contribution >= 4 is 55.3 Å². The molecule has 0 fully saturated rings. The molecule has 5 rings (SSSR count). The van der Waals surface area contributed by atoms with Crippen molar-refractivity contribution in [1.82, 2.24) is 0 Å². The van der Waals surface area contributed by atoms with E-state index >= 15 is 0 Å². The van der Waals surface area contributed by atoms with Crippen LogP contribution in [0, 0.1) is 0 Å². The van der Waals surface area contributed by atoms with Gasteiger partial charge >= 0.3 is 29.6 Å². The average Bonchev–Trinajstić information content (AvgIpc) is 2.84. The normalized spacial score (nSPS) is 12.6. The van der Waals surface area contributed by atoms with Crippen LogP contribution in [0.5, 0.6) is 0 Å². The summed E-state index contributed by atoms with van der Waals surface area (Å²) in [7, 11) is -4.18. The minimum absolute atomic E-state index is 0. The molecule has 0 aromatic heterocycles. The number of benzene rings is 4. The Morgan fingerprint density at radius 1 is 0.829 bits per heavy atom. The fraction of sp³-hybridized carbons (Fsp3) is 0.143. The molecular formula is C28H24NNaO3S2. The topological polar surface area (TPSA) is 60.4 Å². The maximum atomic E-state index is 11.0. The van der Waals surface area contributed by atoms with E-state index in [1.54, 1.807) is 11.8 Å². The SMILES string of the molecule is CC(SCCCS(=O)(=O)[O-])=C1c2ccccc2N(c2ccc3ccccc3c2)c2ccccc21.[Na+]. The van der Waals surface area contributed by atoms with Crippen molar-refractivity contribution in [3.05, 3.63) is 107 Å². The molecular weight excluding hydrogens is 485 g/mol. The zero-order valence-corrected chi connectivity index (χ0v) is 23.4. The van der Waals surface area contributed by atoms with E-state index in [1.165, 1.54) is 10.8 Å². The summed E-state index contributed by atoms with van der Waals surface area (Å²) in [5, 5.41) is 2.40. The minimum atomic E-state index is -4.18. The fourth-order valence-corrected chi connectivity index (χ4v) is 6.18. The van der Waals surface area contributed by atoms with Gasteiger partial charge in [0.15, 0.2) is 0 Å². The Labute approximate surface area is 233 Å². The van der Waals surface area contributed by atoms with E-state index < -0.39 is 10.1 Å². The number of fused-ring (bicyclic) bond motifs is 3. The predicted octanol–water partition coefficient (Wildman–Crippen LogP) is 4.07. The fourth-order valence-electron chi connectivity index (χ4n) is 4.54. The molecule has 0 spiro atoms. The van der Waals surface area contributed by atoms with Crippen molar-refractivity contribution < 1.29 is 42.5 Å². The third-order valence-electron chi connectivity index (χ3n) is 6.03. The molecule has 172 valence electrons. The van der Waals surface area contributed by atoms with E-state index in [-0.39, 0.29) is 35.3 Å². The smallest absolute Gasteiger partial charge is 0.748 e. The van der Waals surface area contributed by atoms with Gasteiger partial charge in [-0.05, 0) is 59.0 Å². The summed E-state index contributed by atoms with van der Waals surface area (Å²) in [5.74, 6) is 0.251. The van der Waals surface area contributed by atoms with Crippen LogP contribution in [0.25, 0.3) is 16.3 Å². The first-order valence-corrected chi connectivity index (χ1v) is 13.7. The van der Waals surface area contributed by atoms with Crippen LogP contribution in [-0.2, 0) is 10.1 Å². The summed E-state index contributed by atoms with van der Waals surface area (Å²) in [6.07, 6.45) is 0.341. The van der Waals surface area contributed by atoms with Gasteiger partial charge < -0.3 is 9.45 Å².